The van der Waals surface area contributed by atoms with E-state index in [4.69, 9.17) is 16.3 Å². The Morgan fingerprint density at radius 1 is 1.06 bits per heavy atom. The molecular formula is C24H30ClN3O3S. The summed E-state index contributed by atoms with van der Waals surface area (Å²) in [5.41, 5.74) is 2.88. The van der Waals surface area contributed by atoms with Crippen molar-refractivity contribution in [3.05, 3.63) is 58.6 Å². The summed E-state index contributed by atoms with van der Waals surface area (Å²) in [5, 5.41) is 5.48. The summed E-state index contributed by atoms with van der Waals surface area (Å²) >= 11 is 6.15. The maximum absolute atomic E-state index is 13.4. The van der Waals surface area contributed by atoms with Crippen LogP contribution in [0.5, 0.6) is 5.75 Å². The van der Waals surface area contributed by atoms with Gasteiger partial charge in [0.25, 0.3) is 10.0 Å². The molecule has 0 fully saturated rings. The van der Waals surface area contributed by atoms with Gasteiger partial charge in [0.1, 0.15) is 5.75 Å². The molecule has 0 aromatic heterocycles. The van der Waals surface area contributed by atoms with Crippen LogP contribution in [0.3, 0.4) is 0 Å². The van der Waals surface area contributed by atoms with Crippen LogP contribution in [0.2, 0.25) is 5.02 Å². The van der Waals surface area contributed by atoms with E-state index in [0.717, 1.165) is 41.7 Å². The number of nitrogens with zero attached hydrogens (tertiary/aromatic N) is 1. The molecule has 3 aromatic rings. The summed E-state index contributed by atoms with van der Waals surface area (Å²) < 4.78 is 35.1. The summed E-state index contributed by atoms with van der Waals surface area (Å²) in [5.74, 6) is 0.708. The number of halogens is 1. The van der Waals surface area contributed by atoms with Gasteiger partial charge in [0.2, 0.25) is 0 Å². The summed E-state index contributed by atoms with van der Waals surface area (Å²) in [6, 6.07) is 12.5. The second-order valence-corrected chi connectivity index (χ2v) is 9.72. The lowest BCUT2D eigenvalue weighted by Gasteiger charge is -2.28. The molecule has 0 atom stereocenters. The zero-order valence-electron chi connectivity index (χ0n) is 19.1. The third kappa shape index (κ3) is 4.80. The number of likely N-dealkylation sites (N-methyl/N-ethyl adjacent to an activating group) is 2. The van der Waals surface area contributed by atoms with Gasteiger partial charge in [0, 0.05) is 30.2 Å². The number of benzene rings is 3. The molecule has 32 heavy (non-hydrogen) atoms. The molecule has 0 radical (unpaired) electrons. The number of aryl methyl sites for hydroxylation is 1. The highest BCUT2D eigenvalue weighted by Crippen LogP contribution is 2.37. The van der Waals surface area contributed by atoms with Crippen molar-refractivity contribution in [1.29, 1.82) is 0 Å². The summed E-state index contributed by atoms with van der Waals surface area (Å²) in [7, 11) is -0.294. The van der Waals surface area contributed by atoms with Gasteiger partial charge in [-0.1, -0.05) is 23.7 Å². The number of fused-ring (bicyclic) bond motifs is 1. The number of hydrogen-bond acceptors (Lipinski definition) is 5. The molecule has 172 valence electrons. The van der Waals surface area contributed by atoms with E-state index < -0.39 is 10.0 Å². The van der Waals surface area contributed by atoms with Gasteiger partial charge < -0.3 is 15.0 Å². The highest BCUT2D eigenvalue weighted by molar-refractivity contribution is 7.92. The maximum atomic E-state index is 13.4. The minimum atomic E-state index is -3.82. The fourth-order valence-electron chi connectivity index (χ4n) is 3.93. The molecule has 0 spiro atoms. The number of methoxy groups -OCH3 is 1. The average Bonchev–Trinajstić information content (AvgIpc) is 2.76. The summed E-state index contributed by atoms with van der Waals surface area (Å²) in [4.78, 5) is 2.40. The standard InChI is InChI=1S/C24H30ClN3O3S/c1-6-28(14-13-26-4)24-17(3)21(10-11-22(24)31-5)27-32(29,30)23-12-8-18-7-9-19(25)15-20(18)16(23)2/h7-12,15,26-27H,6,13-14H2,1-5H3. The molecule has 0 aliphatic rings. The van der Waals surface area contributed by atoms with Gasteiger partial charge in [0.05, 0.1) is 23.4 Å². The minimum Gasteiger partial charge on any atom is -0.495 e. The van der Waals surface area contributed by atoms with Crippen LogP contribution in [-0.4, -0.2) is 42.2 Å². The first-order valence-electron chi connectivity index (χ1n) is 10.5. The fourth-order valence-corrected chi connectivity index (χ4v) is 5.48. The topological polar surface area (TPSA) is 70.7 Å². The first kappa shape index (κ1) is 24.2. The van der Waals surface area contributed by atoms with Gasteiger partial charge in [-0.3, -0.25) is 4.72 Å². The minimum absolute atomic E-state index is 0.228. The molecule has 0 aliphatic carbocycles. The van der Waals surface area contributed by atoms with Gasteiger partial charge in [-0.2, -0.15) is 0 Å². The number of ether oxygens (including phenoxy) is 1. The molecule has 3 rings (SSSR count). The first-order valence-corrected chi connectivity index (χ1v) is 12.4. The van der Waals surface area contributed by atoms with Gasteiger partial charge in [-0.15, -0.1) is 0 Å². The fraction of sp³-hybridized carbons (Fsp3) is 0.333. The van der Waals surface area contributed by atoms with Crippen molar-refractivity contribution < 1.29 is 13.2 Å². The predicted octanol–water partition coefficient (Wildman–Crippen LogP) is 4.97. The van der Waals surface area contributed by atoms with E-state index in [2.05, 4.69) is 21.9 Å². The molecule has 0 heterocycles. The van der Waals surface area contributed by atoms with Crippen LogP contribution in [0.1, 0.15) is 18.1 Å². The Morgan fingerprint density at radius 3 is 2.44 bits per heavy atom. The van der Waals surface area contributed by atoms with E-state index in [9.17, 15) is 8.42 Å². The van der Waals surface area contributed by atoms with Crippen LogP contribution in [0.25, 0.3) is 10.8 Å². The smallest absolute Gasteiger partial charge is 0.262 e. The number of anilines is 2. The van der Waals surface area contributed by atoms with E-state index in [1.807, 2.05) is 20.0 Å². The van der Waals surface area contributed by atoms with E-state index >= 15 is 0 Å². The average molecular weight is 476 g/mol. The van der Waals surface area contributed by atoms with E-state index in [0.29, 0.717) is 22.0 Å². The predicted molar refractivity (Wildman–Crippen MR) is 134 cm³/mol. The Bertz CT molecular complexity index is 1230. The van der Waals surface area contributed by atoms with Gasteiger partial charge in [-0.25, -0.2) is 8.42 Å². The zero-order chi connectivity index (χ0) is 23.5. The lowest BCUT2D eigenvalue weighted by Crippen LogP contribution is -2.31. The molecule has 0 aliphatic heterocycles. The van der Waals surface area contributed by atoms with Crippen LogP contribution >= 0.6 is 11.6 Å². The van der Waals surface area contributed by atoms with Crippen LogP contribution in [-0.2, 0) is 10.0 Å². The van der Waals surface area contributed by atoms with Crippen molar-refractivity contribution >= 4 is 43.8 Å². The van der Waals surface area contributed by atoms with E-state index in [-0.39, 0.29) is 4.90 Å². The van der Waals surface area contributed by atoms with Crippen molar-refractivity contribution in [3.8, 4) is 5.75 Å². The Kier molecular flexibility index (Phi) is 7.54. The molecule has 0 amide bonds. The molecule has 0 bridgehead atoms. The number of rotatable bonds is 9. The van der Waals surface area contributed by atoms with Crippen LogP contribution in [0.4, 0.5) is 11.4 Å². The Morgan fingerprint density at radius 2 is 1.78 bits per heavy atom. The molecule has 2 N–H and O–H groups in total. The van der Waals surface area contributed by atoms with Gasteiger partial charge >= 0.3 is 0 Å². The number of sulfonamides is 1. The maximum Gasteiger partial charge on any atom is 0.262 e. The second kappa shape index (κ2) is 9.98. The molecule has 3 aromatic carbocycles. The van der Waals surface area contributed by atoms with Crippen molar-refractivity contribution in [2.24, 2.45) is 0 Å². The number of nitrogens with one attached hydrogen (secondary N) is 2. The van der Waals surface area contributed by atoms with Crippen LogP contribution < -0.4 is 19.7 Å². The van der Waals surface area contributed by atoms with E-state index in [1.54, 1.807) is 50.4 Å². The molecular weight excluding hydrogens is 446 g/mol. The molecule has 0 saturated heterocycles. The van der Waals surface area contributed by atoms with Crippen molar-refractivity contribution in [2.45, 2.75) is 25.7 Å². The third-order valence-electron chi connectivity index (χ3n) is 5.68. The monoisotopic (exact) mass is 475 g/mol. The Hall–Kier alpha value is -2.48. The van der Waals surface area contributed by atoms with Gasteiger partial charge in [-0.05, 0) is 74.5 Å². The summed E-state index contributed by atoms with van der Waals surface area (Å²) in [6.07, 6.45) is 0. The zero-order valence-corrected chi connectivity index (χ0v) is 20.7. The van der Waals surface area contributed by atoms with Crippen LogP contribution in [0, 0.1) is 13.8 Å². The van der Waals surface area contributed by atoms with Crippen molar-refractivity contribution in [3.63, 3.8) is 0 Å². The van der Waals surface area contributed by atoms with Crippen LogP contribution in [0.15, 0.2) is 47.4 Å². The lowest BCUT2D eigenvalue weighted by atomic mass is 10.1. The Labute approximate surface area is 195 Å². The van der Waals surface area contributed by atoms with Crippen molar-refractivity contribution in [2.75, 3.05) is 43.4 Å². The molecule has 8 heteroatoms. The highest BCUT2D eigenvalue weighted by atomic mass is 35.5. The first-order chi connectivity index (χ1) is 15.2. The molecule has 0 saturated carbocycles. The van der Waals surface area contributed by atoms with Gasteiger partial charge in [0.15, 0.2) is 0 Å². The number of hydrogen-bond donors (Lipinski definition) is 2. The highest BCUT2D eigenvalue weighted by Gasteiger charge is 2.22. The SMILES string of the molecule is CCN(CCNC)c1c(OC)ccc(NS(=O)(=O)c2ccc3ccc(Cl)cc3c2C)c1C. The van der Waals surface area contributed by atoms with Crippen molar-refractivity contribution in [1.82, 2.24) is 5.32 Å². The largest absolute Gasteiger partial charge is 0.495 e. The third-order valence-corrected chi connectivity index (χ3v) is 7.43. The normalized spacial score (nSPS) is 11.6. The molecule has 6 nitrogen and oxygen atoms in total. The summed E-state index contributed by atoms with van der Waals surface area (Å²) in [6.45, 7) is 8.10. The Balaban J connectivity index is 2.05. The lowest BCUT2D eigenvalue weighted by molar-refractivity contribution is 0.414. The van der Waals surface area contributed by atoms with E-state index in [1.165, 1.54) is 0 Å². The second-order valence-electron chi connectivity index (χ2n) is 7.63. The quantitative estimate of drug-likeness (QED) is 0.457. The molecule has 0 unspecified atom stereocenters.